The zero-order valence-electron chi connectivity index (χ0n) is 9.08. The number of nitrogens with zero attached hydrogens (tertiary/aromatic N) is 1. The summed E-state index contributed by atoms with van der Waals surface area (Å²) in [5, 5.41) is 2.96. The molecular weight excluding hydrogens is 176 g/mol. The molecule has 0 aromatic carbocycles. The quantitative estimate of drug-likeness (QED) is 0.744. The fourth-order valence-corrected chi connectivity index (χ4v) is 0.857. The Labute approximate surface area is 85.6 Å². The third-order valence-corrected chi connectivity index (χ3v) is 1.49. The van der Waals surface area contributed by atoms with Crippen LogP contribution in [-0.4, -0.2) is 23.9 Å². The molecule has 1 N–H and O–H groups in total. The summed E-state index contributed by atoms with van der Waals surface area (Å²) in [5.41, 5.74) is 0.526. The number of carbonyl (C=O) groups excluding carboxylic acids is 1. The van der Waals surface area contributed by atoms with Gasteiger partial charge in [0, 0.05) is 6.20 Å². The minimum Gasteiger partial charge on any atom is -0.310 e. The summed E-state index contributed by atoms with van der Waals surface area (Å²) in [6, 6.07) is 5.33. The van der Waals surface area contributed by atoms with Gasteiger partial charge in [-0.2, -0.15) is 0 Å². The van der Waals surface area contributed by atoms with Gasteiger partial charge in [-0.25, -0.2) is 0 Å². The van der Waals surface area contributed by atoms with Crippen molar-refractivity contribution in [3.8, 4) is 0 Å². The summed E-state index contributed by atoms with van der Waals surface area (Å²) in [4.78, 5) is 15.2. The first-order valence-electron chi connectivity index (χ1n) is 4.99. The van der Waals surface area contributed by atoms with Crippen LogP contribution in [0.15, 0.2) is 24.4 Å². The topological polar surface area (TPSA) is 42.0 Å². The number of Topliss-reactive ketones (excluding diaryl/α,β-unsaturated/α-hetero) is 1. The molecule has 0 aliphatic rings. The first-order valence-corrected chi connectivity index (χ1v) is 4.99. The molecular formula is C11H18N2O. The van der Waals surface area contributed by atoms with E-state index in [1.165, 1.54) is 0 Å². The summed E-state index contributed by atoms with van der Waals surface area (Å²) in [5.74, 6) is 0.0393. The molecule has 0 bridgehead atoms. The van der Waals surface area contributed by atoms with E-state index in [0.29, 0.717) is 12.2 Å². The predicted octanol–water partition coefficient (Wildman–Crippen LogP) is 1.90. The number of likely N-dealkylation sites (N-methyl/N-ethyl adjacent to an activating group) is 1. The van der Waals surface area contributed by atoms with Crippen molar-refractivity contribution in [1.82, 2.24) is 10.3 Å². The number of carbonyl (C=O) groups is 1. The van der Waals surface area contributed by atoms with Crippen LogP contribution in [-0.2, 0) is 0 Å². The molecule has 0 saturated carbocycles. The molecule has 14 heavy (non-hydrogen) atoms. The third kappa shape index (κ3) is 4.72. The normalized spacial score (nSPS) is 8.79. The summed E-state index contributed by atoms with van der Waals surface area (Å²) in [6.07, 6.45) is 1.62. The van der Waals surface area contributed by atoms with Gasteiger partial charge in [0.2, 0.25) is 0 Å². The molecule has 0 aliphatic heterocycles. The summed E-state index contributed by atoms with van der Waals surface area (Å²) >= 11 is 0. The van der Waals surface area contributed by atoms with Gasteiger partial charge in [0.05, 0.1) is 6.54 Å². The Morgan fingerprint density at radius 1 is 1.43 bits per heavy atom. The van der Waals surface area contributed by atoms with Crippen LogP contribution in [0.5, 0.6) is 0 Å². The van der Waals surface area contributed by atoms with Crippen LogP contribution in [0.4, 0.5) is 0 Å². The third-order valence-electron chi connectivity index (χ3n) is 1.49. The average molecular weight is 194 g/mol. The van der Waals surface area contributed by atoms with E-state index >= 15 is 0 Å². The number of ketones is 1. The van der Waals surface area contributed by atoms with Crippen molar-refractivity contribution in [2.24, 2.45) is 0 Å². The van der Waals surface area contributed by atoms with Gasteiger partial charge in [0.1, 0.15) is 5.69 Å². The molecule has 0 aliphatic carbocycles. The Morgan fingerprint density at radius 3 is 2.64 bits per heavy atom. The lowest BCUT2D eigenvalue weighted by atomic mass is 10.2. The number of aromatic nitrogens is 1. The molecule has 1 heterocycles. The summed E-state index contributed by atoms with van der Waals surface area (Å²) in [6.45, 7) is 7.14. The molecule has 0 atom stereocenters. The summed E-state index contributed by atoms with van der Waals surface area (Å²) in [7, 11) is 0. The van der Waals surface area contributed by atoms with Gasteiger partial charge in [-0.15, -0.1) is 0 Å². The maximum atomic E-state index is 11.3. The molecule has 0 unspecified atom stereocenters. The molecule has 0 spiro atoms. The standard InChI is InChI=1S/C9H12N2O.C2H6/c1-2-10-7-9(12)8-5-3-4-6-11-8;1-2/h3-6,10H,2,7H2,1H3;1-2H3. The number of nitrogens with one attached hydrogen (secondary N) is 1. The Morgan fingerprint density at radius 2 is 2.14 bits per heavy atom. The van der Waals surface area contributed by atoms with Crippen molar-refractivity contribution < 1.29 is 4.79 Å². The van der Waals surface area contributed by atoms with E-state index in [2.05, 4.69) is 10.3 Å². The molecule has 1 rings (SSSR count). The van der Waals surface area contributed by atoms with Crippen LogP contribution in [0.1, 0.15) is 31.3 Å². The molecule has 0 radical (unpaired) electrons. The fourth-order valence-electron chi connectivity index (χ4n) is 0.857. The molecule has 0 amide bonds. The first-order chi connectivity index (χ1) is 6.84. The maximum absolute atomic E-state index is 11.3. The smallest absolute Gasteiger partial charge is 0.194 e. The average Bonchev–Trinajstić information content (AvgIpc) is 2.30. The van der Waals surface area contributed by atoms with Crippen molar-refractivity contribution in [3.05, 3.63) is 30.1 Å². The van der Waals surface area contributed by atoms with E-state index in [1.807, 2.05) is 26.8 Å². The Hall–Kier alpha value is -1.22. The van der Waals surface area contributed by atoms with Gasteiger partial charge in [-0.05, 0) is 18.7 Å². The van der Waals surface area contributed by atoms with Crippen LogP contribution < -0.4 is 5.32 Å². The SMILES string of the molecule is CC.CCNCC(=O)c1ccccn1. The zero-order chi connectivity index (χ0) is 10.8. The van der Waals surface area contributed by atoms with Gasteiger partial charge >= 0.3 is 0 Å². The van der Waals surface area contributed by atoms with E-state index in [-0.39, 0.29) is 5.78 Å². The molecule has 0 fully saturated rings. The van der Waals surface area contributed by atoms with Crippen LogP contribution in [0.3, 0.4) is 0 Å². The largest absolute Gasteiger partial charge is 0.310 e. The first kappa shape index (κ1) is 12.8. The number of rotatable bonds is 4. The van der Waals surface area contributed by atoms with Crippen molar-refractivity contribution >= 4 is 5.78 Å². The van der Waals surface area contributed by atoms with E-state index < -0.39 is 0 Å². The minimum absolute atomic E-state index is 0.0393. The van der Waals surface area contributed by atoms with Crippen molar-refractivity contribution in [2.75, 3.05) is 13.1 Å². The van der Waals surface area contributed by atoms with Gasteiger partial charge in [-0.3, -0.25) is 9.78 Å². The van der Waals surface area contributed by atoms with E-state index in [0.717, 1.165) is 6.54 Å². The highest BCUT2D eigenvalue weighted by molar-refractivity contribution is 5.95. The van der Waals surface area contributed by atoms with Crippen molar-refractivity contribution in [1.29, 1.82) is 0 Å². The number of hydrogen-bond acceptors (Lipinski definition) is 3. The molecule has 3 heteroatoms. The van der Waals surface area contributed by atoms with Crippen LogP contribution >= 0.6 is 0 Å². The van der Waals surface area contributed by atoms with Gasteiger partial charge in [0.15, 0.2) is 5.78 Å². The molecule has 1 aromatic heterocycles. The Kier molecular flexibility index (Phi) is 7.65. The lowest BCUT2D eigenvalue weighted by Gasteiger charge is -1.99. The lowest BCUT2D eigenvalue weighted by Crippen LogP contribution is -2.23. The fraction of sp³-hybridized carbons (Fsp3) is 0.455. The second-order valence-electron chi connectivity index (χ2n) is 2.42. The van der Waals surface area contributed by atoms with Crippen molar-refractivity contribution in [3.63, 3.8) is 0 Å². The van der Waals surface area contributed by atoms with Crippen molar-refractivity contribution in [2.45, 2.75) is 20.8 Å². The van der Waals surface area contributed by atoms with Gasteiger partial charge < -0.3 is 5.32 Å². The van der Waals surface area contributed by atoms with Crippen LogP contribution in [0.25, 0.3) is 0 Å². The van der Waals surface area contributed by atoms with Gasteiger partial charge in [-0.1, -0.05) is 26.8 Å². The number of hydrogen-bond donors (Lipinski definition) is 1. The highest BCUT2D eigenvalue weighted by Crippen LogP contribution is 1.93. The maximum Gasteiger partial charge on any atom is 0.194 e. The second-order valence-corrected chi connectivity index (χ2v) is 2.42. The Bertz CT molecular complexity index is 247. The molecule has 78 valence electrons. The van der Waals surface area contributed by atoms with Crippen LogP contribution in [0.2, 0.25) is 0 Å². The minimum atomic E-state index is 0.0393. The lowest BCUT2D eigenvalue weighted by molar-refractivity contribution is 0.0987. The molecule has 3 nitrogen and oxygen atoms in total. The number of pyridine rings is 1. The van der Waals surface area contributed by atoms with Crippen LogP contribution in [0, 0.1) is 0 Å². The van der Waals surface area contributed by atoms with Gasteiger partial charge in [0.25, 0.3) is 0 Å². The van der Waals surface area contributed by atoms with E-state index in [9.17, 15) is 4.79 Å². The summed E-state index contributed by atoms with van der Waals surface area (Å²) < 4.78 is 0. The molecule has 0 saturated heterocycles. The monoisotopic (exact) mass is 194 g/mol. The highest BCUT2D eigenvalue weighted by Gasteiger charge is 2.03. The second kappa shape index (κ2) is 8.38. The van der Waals surface area contributed by atoms with E-state index in [4.69, 9.17) is 0 Å². The Balaban J connectivity index is 0.000000791. The predicted molar refractivity (Wildman–Crippen MR) is 58.5 cm³/mol. The van der Waals surface area contributed by atoms with E-state index in [1.54, 1.807) is 18.3 Å². The highest BCUT2D eigenvalue weighted by atomic mass is 16.1. The zero-order valence-corrected chi connectivity index (χ0v) is 9.08. The molecule has 1 aromatic rings.